The minimum atomic E-state index is -0.365. The fourth-order valence-corrected chi connectivity index (χ4v) is 8.09. The van der Waals surface area contributed by atoms with E-state index in [0.29, 0.717) is 18.0 Å². The second-order valence-corrected chi connectivity index (χ2v) is 13.5. The Morgan fingerprint density at radius 2 is 0.920 bits per heavy atom. The Bertz CT molecular complexity index is 2170. The van der Waals surface area contributed by atoms with Crippen molar-refractivity contribution in [2.45, 2.75) is 31.2 Å². The molecule has 0 radical (unpaired) electrons. The molecule has 3 aliphatic heterocycles. The average molecular weight is 647 g/mol. The molecule has 1 saturated heterocycles. The second-order valence-electron chi connectivity index (χ2n) is 13.5. The van der Waals surface area contributed by atoms with Crippen molar-refractivity contribution in [3.05, 3.63) is 209 Å². The number of amidine groups is 2. The minimum Gasteiger partial charge on any atom is -0.324 e. The minimum absolute atomic E-state index is 0.234. The normalized spacial score (nSPS) is 21.7. The van der Waals surface area contributed by atoms with Crippen LogP contribution in [0.15, 0.2) is 186 Å². The van der Waals surface area contributed by atoms with Gasteiger partial charge in [0.2, 0.25) is 0 Å². The SMILES string of the molecule is CC1C2C(c3ccccc3)=CC(c3ccccc3)N2C1c1cccc(-c2cccc(C3N=C(c4ccccc4)NC(c4ccccc4)=N3)c2)c1. The van der Waals surface area contributed by atoms with Gasteiger partial charge in [0.15, 0.2) is 6.17 Å². The number of benzene rings is 6. The maximum atomic E-state index is 5.12. The molecule has 4 atom stereocenters. The average Bonchev–Trinajstić information content (AvgIpc) is 3.55. The van der Waals surface area contributed by atoms with Gasteiger partial charge in [-0.05, 0) is 57.0 Å². The number of rotatable bonds is 7. The molecule has 0 spiro atoms. The molecule has 0 amide bonds. The predicted molar refractivity (Wildman–Crippen MR) is 205 cm³/mol. The summed E-state index contributed by atoms with van der Waals surface area (Å²) in [6, 6.07) is 61.3. The van der Waals surface area contributed by atoms with Crippen LogP contribution >= 0.6 is 0 Å². The van der Waals surface area contributed by atoms with E-state index in [1.54, 1.807) is 0 Å². The van der Waals surface area contributed by atoms with Gasteiger partial charge in [-0.15, -0.1) is 0 Å². The van der Waals surface area contributed by atoms with Crippen LogP contribution in [-0.4, -0.2) is 22.6 Å². The monoisotopic (exact) mass is 646 g/mol. The van der Waals surface area contributed by atoms with Crippen LogP contribution in [0.3, 0.4) is 0 Å². The zero-order valence-electron chi connectivity index (χ0n) is 28.0. The highest BCUT2D eigenvalue weighted by molar-refractivity contribution is 6.15. The van der Waals surface area contributed by atoms with Gasteiger partial charge in [-0.2, -0.15) is 0 Å². The summed E-state index contributed by atoms with van der Waals surface area (Å²) in [4.78, 5) is 13.0. The van der Waals surface area contributed by atoms with Gasteiger partial charge in [-0.3, -0.25) is 4.90 Å². The van der Waals surface area contributed by atoms with Crippen molar-refractivity contribution < 1.29 is 0 Å². The van der Waals surface area contributed by atoms with Crippen LogP contribution in [0.4, 0.5) is 0 Å². The highest BCUT2D eigenvalue weighted by Crippen LogP contribution is 2.58. The second kappa shape index (κ2) is 12.9. The van der Waals surface area contributed by atoms with Crippen molar-refractivity contribution in [2.75, 3.05) is 0 Å². The third-order valence-corrected chi connectivity index (χ3v) is 10.4. The summed E-state index contributed by atoms with van der Waals surface area (Å²) in [6.07, 6.45) is 2.14. The van der Waals surface area contributed by atoms with E-state index in [1.807, 2.05) is 36.4 Å². The first-order chi connectivity index (χ1) is 24.7. The van der Waals surface area contributed by atoms with E-state index in [9.17, 15) is 0 Å². The lowest BCUT2D eigenvalue weighted by Crippen LogP contribution is -2.55. The lowest BCUT2D eigenvalue weighted by atomic mass is 9.74. The largest absolute Gasteiger partial charge is 0.324 e. The van der Waals surface area contributed by atoms with Crippen molar-refractivity contribution in [1.29, 1.82) is 0 Å². The van der Waals surface area contributed by atoms with Crippen molar-refractivity contribution >= 4 is 17.2 Å². The summed E-state index contributed by atoms with van der Waals surface area (Å²) in [5.74, 6) is 2.13. The zero-order chi connectivity index (χ0) is 33.4. The molecule has 6 aromatic rings. The van der Waals surface area contributed by atoms with Gasteiger partial charge in [0, 0.05) is 23.2 Å². The number of hydrogen-bond acceptors (Lipinski definition) is 4. The van der Waals surface area contributed by atoms with Crippen molar-refractivity contribution in [3.8, 4) is 11.1 Å². The third-order valence-electron chi connectivity index (χ3n) is 10.4. The number of hydrogen-bond donors (Lipinski definition) is 1. The smallest absolute Gasteiger partial charge is 0.169 e. The molecular formula is C46H38N4. The molecule has 0 aliphatic carbocycles. The summed E-state index contributed by atoms with van der Waals surface area (Å²) in [5, 5.41) is 3.51. The van der Waals surface area contributed by atoms with Crippen LogP contribution in [0.2, 0.25) is 0 Å². The molecule has 0 bridgehead atoms. The first-order valence-electron chi connectivity index (χ1n) is 17.5. The Morgan fingerprint density at radius 3 is 1.50 bits per heavy atom. The summed E-state index contributed by atoms with van der Waals surface area (Å²) >= 11 is 0. The summed E-state index contributed by atoms with van der Waals surface area (Å²) < 4.78 is 0. The van der Waals surface area contributed by atoms with Crippen LogP contribution in [0.25, 0.3) is 16.7 Å². The van der Waals surface area contributed by atoms with Crippen molar-refractivity contribution in [2.24, 2.45) is 15.9 Å². The fourth-order valence-electron chi connectivity index (χ4n) is 8.09. The van der Waals surface area contributed by atoms with E-state index in [2.05, 4.69) is 157 Å². The van der Waals surface area contributed by atoms with Crippen LogP contribution in [0.1, 0.15) is 58.6 Å². The van der Waals surface area contributed by atoms with Crippen molar-refractivity contribution in [1.82, 2.24) is 10.2 Å². The van der Waals surface area contributed by atoms with Gasteiger partial charge >= 0.3 is 0 Å². The zero-order valence-corrected chi connectivity index (χ0v) is 28.0. The molecule has 4 heteroatoms. The predicted octanol–water partition coefficient (Wildman–Crippen LogP) is 10.0. The highest BCUT2D eigenvalue weighted by atomic mass is 15.3. The van der Waals surface area contributed by atoms with Gasteiger partial charge in [-0.1, -0.05) is 171 Å². The van der Waals surface area contributed by atoms with Gasteiger partial charge in [0.25, 0.3) is 0 Å². The summed E-state index contributed by atoms with van der Waals surface area (Å²) in [5.41, 5.74) is 11.0. The molecule has 9 rings (SSSR count). The van der Waals surface area contributed by atoms with Crippen molar-refractivity contribution in [3.63, 3.8) is 0 Å². The molecule has 6 aromatic carbocycles. The highest BCUT2D eigenvalue weighted by Gasteiger charge is 2.54. The standard InChI is InChI=1S/C46H38N4/c1-31-42(50-41(33-18-8-3-9-19-33)30-40(43(31)50)32-16-6-2-7-17-32)38-26-14-24-36(28-38)37-25-15-27-39(29-37)46-48-44(34-20-10-4-11-21-34)47-45(49-46)35-22-12-5-13-23-35/h2-31,41-43,46H,1H3,(H,47,48,49). The molecule has 242 valence electrons. The Balaban J connectivity index is 1.05. The Labute approximate surface area is 294 Å². The molecule has 3 aliphatic rings. The van der Waals surface area contributed by atoms with E-state index in [4.69, 9.17) is 9.98 Å². The van der Waals surface area contributed by atoms with Crippen LogP contribution in [0.5, 0.6) is 0 Å². The fraction of sp³-hybridized carbons (Fsp3) is 0.130. The van der Waals surface area contributed by atoms with Gasteiger partial charge in [-0.25, -0.2) is 9.98 Å². The Kier molecular flexibility index (Phi) is 7.79. The molecule has 50 heavy (non-hydrogen) atoms. The van der Waals surface area contributed by atoms with E-state index in [0.717, 1.165) is 28.4 Å². The van der Waals surface area contributed by atoms with E-state index >= 15 is 0 Å². The molecule has 0 aromatic heterocycles. The Morgan fingerprint density at radius 1 is 0.460 bits per heavy atom. The van der Waals surface area contributed by atoms with E-state index in [-0.39, 0.29) is 12.2 Å². The molecule has 3 heterocycles. The van der Waals surface area contributed by atoms with E-state index < -0.39 is 0 Å². The van der Waals surface area contributed by atoms with Gasteiger partial charge < -0.3 is 5.32 Å². The molecule has 4 unspecified atom stereocenters. The molecule has 0 saturated carbocycles. The van der Waals surface area contributed by atoms with Crippen LogP contribution in [-0.2, 0) is 0 Å². The third kappa shape index (κ3) is 5.48. The first-order valence-corrected chi connectivity index (χ1v) is 17.5. The Hall–Kier alpha value is -5.84. The van der Waals surface area contributed by atoms with Gasteiger partial charge in [0.1, 0.15) is 11.7 Å². The number of fused-ring (bicyclic) bond motifs is 1. The van der Waals surface area contributed by atoms with Crippen LogP contribution in [0, 0.1) is 5.92 Å². The van der Waals surface area contributed by atoms with Gasteiger partial charge in [0.05, 0.1) is 6.04 Å². The molecule has 1 fully saturated rings. The lowest BCUT2D eigenvalue weighted by Gasteiger charge is -2.54. The molecule has 4 nitrogen and oxygen atoms in total. The number of nitrogens with one attached hydrogen (secondary N) is 1. The van der Waals surface area contributed by atoms with Crippen LogP contribution < -0.4 is 5.32 Å². The number of aliphatic imine (C=N–C) groups is 2. The first kappa shape index (κ1) is 30.2. The quantitative estimate of drug-likeness (QED) is 0.188. The summed E-state index contributed by atoms with van der Waals surface area (Å²) in [6.45, 7) is 2.42. The maximum Gasteiger partial charge on any atom is 0.169 e. The lowest BCUT2D eigenvalue weighted by molar-refractivity contribution is -0.0289. The van der Waals surface area contributed by atoms with E-state index in [1.165, 1.54) is 33.4 Å². The number of nitrogens with zero attached hydrogens (tertiary/aromatic N) is 3. The summed E-state index contributed by atoms with van der Waals surface area (Å²) in [7, 11) is 0. The molecular weight excluding hydrogens is 609 g/mol. The topological polar surface area (TPSA) is 40.0 Å². The maximum absolute atomic E-state index is 5.12. The molecule has 1 N–H and O–H groups in total.